The number of ether oxygens (including phenoxy) is 1. The highest BCUT2D eigenvalue weighted by Crippen LogP contribution is 2.14. The Labute approximate surface area is 138 Å². The van der Waals surface area contributed by atoms with Crippen molar-refractivity contribution in [1.29, 1.82) is 0 Å². The number of aromatic nitrogens is 1. The zero-order valence-electron chi connectivity index (χ0n) is 13.0. The second kappa shape index (κ2) is 7.82. The molecule has 6 nitrogen and oxygen atoms in total. The minimum absolute atomic E-state index is 0.605. The van der Waals surface area contributed by atoms with Gasteiger partial charge in [0.15, 0.2) is 5.78 Å². The maximum Gasteiger partial charge on any atom is 0.371 e. The number of aliphatic hydroxyl groups excluding tert-OH is 1. The molecule has 0 saturated heterocycles. The molecule has 124 valence electrons. The van der Waals surface area contributed by atoms with Gasteiger partial charge in [-0.25, -0.2) is 4.79 Å². The van der Waals surface area contributed by atoms with Crippen LogP contribution in [0.2, 0.25) is 0 Å². The molecule has 0 atom stereocenters. The molecule has 0 bridgehead atoms. The summed E-state index contributed by atoms with van der Waals surface area (Å²) in [6, 6.07) is 11.3. The highest BCUT2D eigenvalue weighted by Gasteiger charge is 2.05. The van der Waals surface area contributed by atoms with E-state index in [1.54, 1.807) is 13.2 Å². The first kappa shape index (κ1) is 17.1. The molecule has 0 unspecified atom stereocenters. The lowest BCUT2D eigenvalue weighted by molar-refractivity contribution is -0.135. The summed E-state index contributed by atoms with van der Waals surface area (Å²) >= 11 is 0. The van der Waals surface area contributed by atoms with Crippen LogP contribution in [0.25, 0.3) is 6.08 Å². The summed E-state index contributed by atoms with van der Waals surface area (Å²) in [5.74, 6) is -2.35. The number of aliphatic hydroxyl groups is 1. The quantitative estimate of drug-likeness (QED) is 0.603. The van der Waals surface area contributed by atoms with Crippen molar-refractivity contribution in [2.24, 2.45) is 0 Å². The van der Waals surface area contributed by atoms with E-state index in [0.29, 0.717) is 12.6 Å². The fourth-order valence-corrected chi connectivity index (χ4v) is 2.06. The van der Waals surface area contributed by atoms with E-state index in [2.05, 4.69) is 0 Å². The molecule has 0 aliphatic heterocycles. The third kappa shape index (κ3) is 4.61. The number of allylic oxidation sites excluding steroid dienone is 2. The lowest BCUT2D eigenvalue weighted by atomic mass is 10.2. The first-order chi connectivity index (χ1) is 11.5. The molecule has 0 fully saturated rings. The maximum absolute atomic E-state index is 11.6. The molecule has 2 aromatic rings. The molecule has 0 aliphatic rings. The predicted molar refractivity (Wildman–Crippen MR) is 88.9 cm³/mol. The number of rotatable bonds is 7. The topological polar surface area (TPSA) is 88.8 Å². The summed E-state index contributed by atoms with van der Waals surface area (Å²) in [7, 11) is 1.61. The number of carbonyl (C=O) groups excluding carboxylic acids is 1. The number of aliphatic carboxylic acids is 1. The predicted octanol–water partition coefficient (Wildman–Crippen LogP) is 2.65. The van der Waals surface area contributed by atoms with Gasteiger partial charge in [-0.1, -0.05) is 12.1 Å². The van der Waals surface area contributed by atoms with E-state index in [1.807, 2.05) is 47.2 Å². The SMILES string of the molecule is COc1ccc(Cn2cccc2/C=C/C(=O)C=C(O)C(=O)O)cc1. The Kier molecular flexibility index (Phi) is 5.57. The molecule has 0 saturated carbocycles. The lowest BCUT2D eigenvalue weighted by Crippen LogP contribution is -2.02. The van der Waals surface area contributed by atoms with Crippen molar-refractivity contribution in [1.82, 2.24) is 4.57 Å². The Morgan fingerprint density at radius 2 is 1.88 bits per heavy atom. The van der Waals surface area contributed by atoms with Gasteiger partial charge in [-0.05, 0) is 42.0 Å². The number of carboxylic acid groups (broad SMARTS) is 1. The molecule has 1 heterocycles. The van der Waals surface area contributed by atoms with Crippen molar-refractivity contribution in [3.8, 4) is 5.75 Å². The second-order valence-corrected chi connectivity index (χ2v) is 4.98. The highest BCUT2D eigenvalue weighted by molar-refractivity contribution is 6.05. The van der Waals surface area contributed by atoms with Crippen LogP contribution < -0.4 is 4.74 Å². The first-order valence-corrected chi connectivity index (χ1v) is 7.13. The number of benzene rings is 1. The smallest absolute Gasteiger partial charge is 0.371 e. The van der Waals surface area contributed by atoms with Gasteiger partial charge in [0.05, 0.1) is 7.11 Å². The van der Waals surface area contributed by atoms with Crippen LogP contribution in [0.15, 0.2) is 60.5 Å². The fourth-order valence-electron chi connectivity index (χ4n) is 2.06. The summed E-state index contributed by atoms with van der Waals surface area (Å²) in [5.41, 5.74) is 1.85. The molecular formula is C18H17NO5. The van der Waals surface area contributed by atoms with Crippen LogP contribution in [0.5, 0.6) is 5.75 Å². The zero-order chi connectivity index (χ0) is 17.5. The molecule has 0 amide bonds. The van der Waals surface area contributed by atoms with Crippen LogP contribution in [-0.4, -0.2) is 33.6 Å². The Balaban J connectivity index is 2.09. The summed E-state index contributed by atoms with van der Waals surface area (Å²) in [4.78, 5) is 22.0. The van der Waals surface area contributed by atoms with Crippen molar-refractivity contribution < 1.29 is 24.5 Å². The number of methoxy groups -OCH3 is 1. The van der Waals surface area contributed by atoms with Gasteiger partial charge in [0.2, 0.25) is 5.76 Å². The molecule has 2 rings (SSSR count). The summed E-state index contributed by atoms with van der Waals surface area (Å²) < 4.78 is 7.06. The maximum atomic E-state index is 11.6. The lowest BCUT2D eigenvalue weighted by Gasteiger charge is -2.07. The van der Waals surface area contributed by atoms with Gasteiger partial charge in [0.1, 0.15) is 5.75 Å². The third-order valence-corrected chi connectivity index (χ3v) is 3.29. The van der Waals surface area contributed by atoms with Gasteiger partial charge in [-0.15, -0.1) is 0 Å². The van der Waals surface area contributed by atoms with Crippen LogP contribution in [-0.2, 0) is 16.1 Å². The average molecular weight is 327 g/mol. The van der Waals surface area contributed by atoms with E-state index < -0.39 is 17.5 Å². The molecule has 0 aliphatic carbocycles. The number of nitrogens with zero attached hydrogens (tertiary/aromatic N) is 1. The number of carboxylic acids is 1. The van der Waals surface area contributed by atoms with E-state index in [-0.39, 0.29) is 0 Å². The van der Waals surface area contributed by atoms with E-state index in [1.165, 1.54) is 6.08 Å². The molecule has 6 heteroatoms. The Morgan fingerprint density at radius 1 is 1.17 bits per heavy atom. The zero-order valence-corrected chi connectivity index (χ0v) is 13.0. The Morgan fingerprint density at radius 3 is 2.50 bits per heavy atom. The summed E-state index contributed by atoms with van der Waals surface area (Å²) in [6.45, 7) is 0.612. The minimum Gasteiger partial charge on any atom is -0.502 e. The number of hydrogen-bond acceptors (Lipinski definition) is 4. The molecule has 0 radical (unpaired) electrons. The molecule has 24 heavy (non-hydrogen) atoms. The monoisotopic (exact) mass is 327 g/mol. The van der Waals surface area contributed by atoms with Crippen LogP contribution in [0.1, 0.15) is 11.3 Å². The van der Waals surface area contributed by atoms with E-state index in [4.69, 9.17) is 14.9 Å². The minimum atomic E-state index is -1.54. The van der Waals surface area contributed by atoms with E-state index >= 15 is 0 Å². The van der Waals surface area contributed by atoms with Crippen molar-refractivity contribution in [2.45, 2.75) is 6.54 Å². The van der Waals surface area contributed by atoms with Gasteiger partial charge >= 0.3 is 5.97 Å². The van der Waals surface area contributed by atoms with Crippen LogP contribution in [0.3, 0.4) is 0 Å². The van der Waals surface area contributed by atoms with Gasteiger partial charge in [-0.3, -0.25) is 4.79 Å². The molecule has 2 N–H and O–H groups in total. The third-order valence-electron chi connectivity index (χ3n) is 3.29. The van der Waals surface area contributed by atoms with Crippen LogP contribution >= 0.6 is 0 Å². The average Bonchev–Trinajstić information content (AvgIpc) is 3.00. The molecular weight excluding hydrogens is 310 g/mol. The van der Waals surface area contributed by atoms with Crippen molar-refractivity contribution in [3.05, 3.63) is 71.8 Å². The van der Waals surface area contributed by atoms with Gasteiger partial charge < -0.3 is 19.5 Å². The van der Waals surface area contributed by atoms with Crippen LogP contribution in [0, 0.1) is 0 Å². The standard InChI is InChI=1S/C18H17NO5/c1-24-16-8-4-13(5-9-16)12-19-10-2-3-14(19)6-7-15(20)11-17(21)18(22)23/h2-11,21H,12H2,1H3,(H,22,23)/b7-6+,17-11?. The van der Waals surface area contributed by atoms with Gasteiger partial charge in [0.25, 0.3) is 0 Å². The van der Waals surface area contributed by atoms with Gasteiger partial charge in [-0.2, -0.15) is 0 Å². The highest BCUT2D eigenvalue weighted by atomic mass is 16.5. The second-order valence-electron chi connectivity index (χ2n) is 4.98. The first-order valence-electron chi connectivity index (χ1n) is 7.13. The fraction of sp³-hybridized carbons (Fsp3) is 0.111. The van der Waals surface area contributed by atoms with Crippen LogP contribution in [0.4, 0.5) is 0 Å². The largest absolute Gasteiger partial charge is 0.502 e. The number of ketones is 1. The van der Waals surface area contributed by atoms with Gasteiger partial charge in [0, 0.05) is 24.5 Å². The number of hydrogen-bond donors (Lipinski definition) is 2. The molecule has 1 aromatic carbocycles. The normalized spacial score (nSPS) is 11.6. The van der Waals surface area contributed by atoms with Crippen molar-refractivity contribution in [3.63, 3.8) is 0 Å². The van der Waals surface area contributed by atoms with Crippen molar-refractivity contribution in [2.75, 3.05) is 7.11 Å². The number of carbonyl (C=O) groups is 2. The summed E-state index contributed by atoms with van der Waals surface area (Å²) in [6.07, 6.45) is 5.31. The van der Waals surface area contributed by atoms with E-state index in [9.17, 15) is 9.59 Å². The van der Waals surface area contributed by atoms with Crippen molar-refractivity contribution >= 4 is 17.8 Å². The molecule has 1 aromatic heterocycles. The van der Waals surface area contributed by atoms with E-state index in [0.717, 1.165) is 17.0 Å². The Hall–Kier alpha value is -3.28. The molecule has 0 spiro atoms. The summed E-state index contributed by atoms with van der Waals surface area (Å²) in [5, 5.41) is 17.6. The Bertz CT molecular complexity index is 784.